The van der Waals surface area contributed by atoms with Crippen molar-refractivity contribution in [3.8, 4) is 0 Å². The zero-order valence-electron chi connectivity index (χ0n) is 10.2. The highest BCUT2D eigenvalue weighted by atomic mass is 35.6. The molecule has 0 saturated carbocycles. The molecular weight excluding hydrogens is 281 g/mol. The number of hydrogen-bond donors (Lipinski definition) is 0. The van der Waals surface area contributed by atoms with Gasteiger partial charge in [0.15, 0.2) is 0 Å². The van der Waals surface area contributed by atoms with E-state index in [1.165, 1.54) is 12.8 Å². The number of rotatable bonds is 6. The molecule has 0 amide bonds. The van der Waals surface area contributed by atoms with Gasteiger partial charge in [-0.2, -0.15) is 0 Å². The Balaban J connectivity index is 2.75. The highest BCUT2D eigenvalue weighted by molar-refractivity contribution is 6.66. The van der Waals surface area contributed by atoms with Crippen molar-refractivity contribution in [3.63, 3.8) is 0 Å². The van der Waals surface area contributed by atoms with Gasteiger partial charge in [-0.25, -0.2) is 4.68 Å². The van der Waals surface area contributed by atoms with E-state index in [1.54, 1.807) is 4.68 Å². The third kappa shape index (κ3) is 4.31. The molecule has 0 saturated heterocycles. The Morgan fingerprint density at radius 3 is 2.35 bits per heavy atom. The van der Waals surface area contributed by atoms with E-state index in [9.17, 15) is 0 Å². The molecule has 6 heteroatoms. The molecule has 0 spiro atoms. The van der Waals surface area contributed by atoms with E-state index in [0.717, 1.165) is 31.5 Å². The minimum absolute atomic E-state index is 0.612. The van der Waals surface area contributed by atoms with Gasteiger partial charge >= 0.3 is 0 Å². The molecular formula is C11H18Cl3N3. The molecule has 0 unspecified atom stereocenters. The van der Waals surface area contributed by atoms with Gasteiger partial charge in [0.2, 0.25) is 3.79 Å². The number of hydrogen-bond acceptors (Lipinski definition) is 2. The summed E-state index contributed by atoms with van der Waals surface area (Å²) in [5, 5.41) is 8.12. The normalized spacial score (nSPS) is 12.1. The van der Waals surface area contributed by atoms with Gasteiger partial charge in [0.1, 0.15) is 5.69 Å². The molecule has 1 aromatic heterocycles. The Labute approximate surface area is 117 Å². The SMILES string of the molecule is CCCCCCn1nnc(CC)c1C(Cl)(Cl)Cl. The van der Waals surface area contributed by atoms with Crippen LogP contribution in [0.25, 0.3) is 0 Å². The number of aryl methyl sites for hydroxylation is 2. The first kappa shape index (κ1) is 15.1. The highest BCUT2D eigenvalue weighted by Gasteiger charge is 2.31. The summed E-state index contributed by atoms with van der Waals surface area (Å²) in [5.41, 5.74) is 1.38. The number of aromatic nitrogens is 3. The lowest BCUT2D eigenvalue weighted by Gasteiger charge is -2.14. The van der Waals surface area contributed by atoms with Crippen LogP contribution in [0.3, 0.4) is 0 Å². The average Bonchev–Trinajstić information content (AvgIpc) is 2.67. The van der Waals surface area contributed by atoms with Crippen molar-refractivity contribution in [2.45, 2.75) is 56.3 Å². The molecule has 1 heterocycles. The maximum Gasteiger partial charge on any atom is 0.234 e. The first-order valence-electron chi connectivity index (χ1n) is 6.00. The maximum absolute atomic E-state index is 5.96. The summed E-state index contributed by atoms with van der Waals surface area (Å²) in [6.07, 6.45) is 5.34. The maximum atomic E-state index is 5.96. The van der Waals surface area contributed by atoms with Crippen LogP contribution in [0.2, 0.25) is 0 Å². The quantitative estimate of drug-likeness (QED) is 0.581. The molecule has 1 aromatic rings. The van der Waals surface area contributed by atoms with Gasteiger partial charge in [0.05, 0.1) is 5.69 Å². The molecule has 0 aliphatic carbocycles. The first-order valence-corrected chi connectivity index (χ1v) is 7.13. The van der Waals surface area contributed by atoms with Crippen LogP contribution in [-0.4, -0.2) is 15.0 Å². The molecule has 3 nitrogen and oxygen atoms in total. The third-order valence-electron chi connectivity index (χ3n) is 2.63. The topological polar surface area (TPSA) is 30.7 Å². The Kier molecular flexibility index (Phi) is 6.04. The van der Waals surface area contributed by atoms with Crippen LogP contribution in [0.4, 0.5) is 0 Å². The van der Waals surface area contributed by atoms with E-state index in [-0.39, 0.29) is 0 Å². The Morgan fingerprint density at radius 2 is 1.82 bits per heavy atom. The third-order valence-corrected chi connectivity index (χ3v) is 3.17. The van der Waals surface area contributed by atoms with Crippen LogP contribution < -0.4 is 0 Å². The molecule has 0 aromatic carbocycles. The molecule has 0 atom stereocenters. The van der Waals surface area contributed by atoms with Gasteiger partial charge in [0, 0.05) is 6.54 Å². The van der Waals surface area contributed by atoms with Gasteiger partial charge in [-0.05, 0) is 12.8 Å². The minimum Gasteiger partial charge on any atom is -0.245 e. The Bertz CT molecular complexity index is 344. The monoisotopic (exact) mass is 297 g/mol. The smallest absolute Gasteiger partial charge is 0.234 e. The van der Waals surface area contributed by atoms with E-state index in [0.29, 0.717) is 5.69 Å². The summed E-state index contributed by atoms with van der Waals surface area (Å²) in [6.45, 7) is 4.92. The van der Waals surface area contributed by atoms with Crippen LogP contribution in [0, 0.1) is 0 Å². The molecule has 98 valence electrons. The van der Waals surface area contributed by atoms with Crippen molar-refractivity contribution in [3.05, 3.63) is 11.4 Å². The molecule has 0 aliphatic rings. The molecule has 0 bridgehead atoms. The molecule has 17 heavy (non-hydrogen) atoms. The van der Waals surface area contributed by atoms with Crippen LogP contribution >= 0.6 is 34.8 Å². The number of unbranched alkanes of at least 4 members (excludes halogenated alkanes) is 3. The zero-order valence-corrected chi connectivity index (χ0v) is 12.5. The van der Waals surface area contributed by atoms with Crippen molar-refractivity contribution in [2.24, 2.45) is 0 Å². The van der Waals surface area contributed by atoms with Gasteiger partial charge in [-0.3, -0.25) is 0 Å². The van der Waals surface area contributed by atoms with Gasteiger partial charge < -0.3 is 0 Å². The van der Waals surface area contributed by atoms with E-state index in [2.05, 4.69) is 17.2 Å². The van der Waals surface area contributed by atoms with Crippen molar-refractivity contribution in [1.82, 2.24) is 15.0 Å². The van der Waals surface area contributed by atoms with Crippen LogP contribution in [-0.2, 0) is 16.8 Å². The molecule has 1 rings (SSSR count). The van der Waals surface area contributed by atoms with Gasteiger partial charge in [-0.15, -0.1) is 5.10 Å². The lowest BCUT2D eigenvalue weighted by atomic mass is 10.2. The number of alkyl halides is 3. The second-order valence-corrected chi connectivity index (χ2v) is 6.30. The van der Waals surface area contributed by atoms with E-state index < -0.39 is 3.79 Å². The summed E-state index contributed by atoms with van der Waals surface area (Å²) in [7, 11) is 0. The largest absolute Gasteiger partial charge is 0.245 e. The summed E-state index contributed by atoms with van der Waals surface area (Å²) < 4.78 is 0.279. The summed E-state index contributed by atoms with van der Waals surface area (Å²) >= 11 is 17.9. The fraction of sp³-hybridized carbons (Fsp3) is 0.818. The predicted molar refractivity (Wildman–Crippen MR) is 72.8 cm³/mol. The van der Waals surface area contributed by atoms with Crippen molar-refractivity contribution < 1.29 is 0 Å². The van der Waals surface area contributed by atoms with E-state index >= 15 is 0 Å². The zero-order chi connectivity index (χ0) is 12.9. The summed E-state index contributed by atoms with van der Waals surface area (Å²) in [4.78, 5) is 0. The lowest BCUT2D eigenvalue weighted by molar-refractivity contribution is 0.514. The molecule has 0 fully saturated rings. The Hall–Kier alpha value is 0.01000. The molecule has 0 radical (unpaired) electrons. The van der Waals surface area contributed by atoms with Gasteiger partial charge in [0.25, 0.3) is 0 Å². The molecule has 0 N–H and O–H groups in total. The van der Waals surface area contributed by atoms with Crippen molar-refractivity contribution in [1.29, 1.82) is 0 Å². The standard InChI is InChI=1S/C11H18Cl3N3/c1-3-5-6-7-8-17-10(11(12,13)14)9(4-2)15-16-17/h3-8H2,1-2H3. The Morgan fingerprint density at radius 1 is 1.12 bits per heavy atom. The summed E-state index contributed by atoms with van der Waals surface area (Å²) in [6, 6.07) is 0. The fourth-order valence-electron chi connectivity index (χ4n) is 1.74. The van der Waals surface area contributed by atoms with E-state index in [4.69, 9.17) is 34.8 Å². The number of halogens is 3. The fourth-order valence-corrected chi connectivity index (χ4v) is 2.36. The lowest BCUT2D eigenvalue weighted by Crippen LogP contribution is -2.14. The molecule has 0 aliphatic heterocycles. The highest BCUT2D eigenvalue weighted by Crippen LogP contribution is 2.39. The minimum atomic E-state index is -1.44. The van der Waals surface area contributed by atoms with Gasteiger partial charge in [-0.1, -0.05) is 73.1 Å². The second kappa shape index (κ2) is 6.81. The van der Waals surface area contributed by atoms with Crippen LogP contribution in [0.1, 0.15) is 50.9 Å². The van der Waals surface area contributed by atoms with Crippen LogP contribution in [0.15, 0.2) is 0 Å². The average molecular weight is 299 g/mol. The van der Waals surface area contributed by atoms with Crippen molar-refractivity contribution >= 4 is 34.8 Å². The number of nitrogens with zero attached hydrogens (tertiary/aromatic N) is 3. The second-order valence-electron chi connectivity index (χ2n) is 4.02. The predicted octanol–water partition coefficient (Wildman–Crippen LogP) is 4.25. The summed E-state index contributed by atoms with van der Waals surface area (Å²) in [5.74, 6) is 0. The van der Waals surface area contributed by atoms with E-state index in [1.807, 2.05) is 6.92 Å². The van der Waals surface area contributed by atoms with Crippen LogP contribution in [0.5, 0.6) is 0 Å². The first-order chi connectivity index (χ1) is 8.00. The van der Waals surface area contributed by atoms with Crippen molar-refractivity contribution in [2.75, 3.05) is 0 Å².